The van der Waals surface area contributed by atoms with Crippen molar-refractivity contribution in [3.8, 4) is 0 Å². The van der Waals surface area contributed by atoms with Crippen LogP contribution in [0.5, 0.6) is 0 Å². The minimum absolute atomic E-state index is 0.0263. The third-order valence-corrected chi connectivity index (χ3v) is 3.98. The van der Waals surface area contributed by atoms with Crippen LogP contribution >= 0.6 is 0 Å². The average molecular weight is 225 g/mol. The average Bonchev–Trinajstić information content (AvgIpc) is 2.43. The SMILES string of the molecule is CC(C(=O)OC1CCCCCC1)C1CNC1. The Morgan fingerprint density at radius 1 is 1.19 bits per heavy atom. The van der Waals surface area contributed by atoms with Crippen molar-refractivity contribution in [2.45, 2.75) is 51.6 Å². The van der Waals surface area contributed by atoms with Crippen molar-refractivity contribution in [3.63, 3.8) is 0 Å². The summed E-state index contributed by atoms with van der Waals surface area (Å²) in [7, 11) is 0. The first-order valence-corrected chi connectivity index (χ1v) is 6.68. The summed E-state index contributed by atoms with van der Waals surface area (Å²) < 4.78 is 5.62. The minimum atomic E-state index is 0.0263. The lowest BCUT2D eigenvalue weighted by molar-refractivity contribution is -0.156. The largest absolute Gasteiger partial charge is 0.462 e. The summed E-state index contributed by atoms with van der Waals surface area (Å²) in [5, 5.41) is 3.20. The van der Waals surface area contributed by atoms with E-state index in [4.69, 9.17) is 4.74 Å². The smallest absolute Gasteiger partial charge is 0.309 e. The van der Waals surface area contributed by atoms with Gasteiger partial charge in [0.15, 0.2) is 0 Å². The number of ether oxygens (including phenoxy) is 1. The van der Waals surface area contributed by atoms with Crippen molar-refractivity contribution in [3.05, 3.63) is 0 Å². The monoisotopic (exact) mass is 225 g/mol. The molecule has 1 saturated carbocycles. The van der Waals surface area contributed by atoms with Gasteiger partial charge >= 0.3 is 5.97 Å². The molecule has 1 N–H and O–H groups in total. The van der Waals surface area contributed by atoms with Gasteiger partial charge < -0.3 is 10.1 Å². The van der Waals surface area contributed by atoms with Gasteiger partial charge in [-0.05, 0) is 44.7 Å². The molecule has 0 aromatic carbocycles. The van der Waals surface area contributed by atoms with Crippen molar-refractivity contribution in [1.29, 1.82) is 0 Å². The highest BCUT2D eigenvalue weighted by molar-refractivity contribution is 5.72. The summed E-state index contributed by atoms with van der Waals surface area (Å²) in [6.07, 6.45) is 7.38. The molecule has 0 radical (unpaired) electrons. The lowest BCUT2D eigenvalue weighted by Gasteiger charge is -2.32. The third kappa shape index (κ3) is 2.97. The molecule has 1 unspecified atom stereocenters. The zero-order valence-corrected chi connectivity index (χ0v) is 10.2. The molecule has 92 valence electrons. The highest BCUT2D eigenvalue weighted by atomic mass is 16.5. The van der Waals surface area contributed by atoms with Crippen LogP contribution in [-0.4, -0.2) is 25.2 Å². The molecule has 1 heterocycles. The Hall–Kier alpha value is -0.570. The van der Waals surface area contributed by atoms with Crippen molar-refractivity contribution in [2.75, 3.05) is 13.1 Å². The van der Waals surface area contributed by atoms with Gasteiger partial charge in [0.2, 0.25) is 0 Å². The molecular formula is C13H23NO2. The van der Waals surface area contributed by atoms with E-state index in [1.807, 2.05) is 6.92 Å². The van der Waals surface area contributed by atoms with Crippen LogP contribution in [0.2, 0.25) is 0 Å². The quantitative estimate of drug-likeness (QED) is 0.590. The van der Waals surface area contributed by atoms with Gasteiger partial charge in [-0.2, -0.15) is 0 Å². The molecule has 3 nitrogen and oxygen atoms in total. The molecule has 1 atom stereocenters. The summed E-state index contributed by atoms with van der Waals surface area (Å²) in [6, 6.07) is 0. The van der Waals surface area contributed by atoms with Crippen molar-refractivity contribution >= 4 is 5.97 Å². The van der Waals surface area contributed by atoms with E-state index in [0.717, 1.165) is 25.9 Å². The van der Waals surface area contributed by atoms with E-state index in [1.165, 1.54) is 25.7 Å². The summed E-state index contributed by atoms with van der Waals surface area (Å²) in [5.74, 6) is 0.598. The zero-order valence-electron chi connectivity index (χ0n) is 10.2. The maximum atomic E-state index is 11.9. The van der Waals surface area contributed by atoms with Crippen LogP contribution in [0.15, 0.2) is 0 Å². The number of nitrogens with one attached hydrogen (secondary N) is 1. The maximum Gasteiger partial charge on any atom is 0.309 e. The molecule has 0 bridgehead atoms. The van der Waals surface area contributed by atoms with Crippen LogP contribution in [0.25, 0.3) is 0 Å². The van der Waals surface area contributed by atoms with Crippen LogP contribution in [0, 0.1) is 11.8 Å². The van der Waals surface area contributed by atoms with Crippen molar-refractivity contribution in [2.24, 2.45) is 11.8 Å². The topological polar surface area (TPSA) is 38.3 Å². The zero-order chi connectivity index (χ0) is 11.4. The van der Waals surface area contributed by atoms with Crippen LogP contribution in [0.3, 0.4) is 0 Å². The molecule has 0 aromatic heterocycles. The summed E-state index contributed by atoms with van der Waals surface area (Å²) in [6.45, 7) is 3.95. The lowest BCUT2D eigenvalue weighted by Crippen LogP contribution is -2.48. The number of carbonyl (C=O) groups excluding carboxylic acids is 1. The molecule has 2 rings (SSSR count). The van der Waals surface area contributed by atoms with Gasteiger partial charge in [0.1, 0.15) is 6.10 Å². The number of esters is 1. The van der Waals surface area contributed by atoms with E-state index in [2.05, 4.69) is 5.32 Å². The lowest BCUT2D eigenvalue weighted by atomic mass is 9.89. The fourth-order valence-corrected chi connectivity index (χ4v) is 2.49. The predicted molar refractivity (Wildman–Crippen MR) is 63.1 cm³/mol. The number of hydrogen-bond donors (Lipinski definition) is 1. The molecule has 1 saturated heterocycles. The molecule has 0 amide bonds. The second-order valence-corrected chi connectivity index (χ2v) is 5.26. The van der Waals surface area contributed by atoms with E-state index in [0.29, 0.717) is 5.92 Å². The van der Waals surface area contributed by atoms with Crippen LogP contribution in [0.1, 0.15) is 45.4 Å². The maximum absolute atomic E-state index is 11.9. The summed E-state index contributed by atoms with van der Waals surface area (Å²) >= 11 is 0. The Bertz CT molecular complexity index is 230. The second kappa shape index (κ2) is 5.67. The third-order valence-electron chi connectivity index (χ3n) is 3.98. The summed E-state index contributed by atoms with van der Waals surface area (Å²) in [5.41, 5.74) is 0. The van der Waals surface area contributed by atoms with Crippen LogP contribution < -0.4 is 5.32 Å². The molecule has 0 aromatic rings. The van der Waals surface area contributed by atoms with Gasteiger partial charge in [-0.25, -0.2) is 0 Å². The van der Waals surface area contributed by atoms with Crippen molar-refractivity contribution < 1.29 is 9.53 Å². The van der Waals surface area contributed by atoms with E-state index >= 15 is 0 Å². The van der Waals surface area contributed by atoms with Gasteiger partial charge in [0, 0.05) is 0 Å². The van der Waals surface area contributed by atoms with Gasteiger partial charge in [-0.3, -0.25) is 4.79 Å². The molecule has 1 aliphatic heterocycles. The Labute approximate surface area is 97.9 Å². The van der Waals surface area contributed by atoms with E-state index in [-0.39, 0.29) is 18.0 Å². The normalized spacial score (nSPS) is 25.6. The predicted octanol–water partition coefficient (Wildman–Crippen LogP) is 2.11. The number of carbonyl (C=O) groups is 1. The van der Waals surface area contributed by atoms with E-state index < -0.39 is 0 Å². The number of hydrogen-bond acceptors (Lipinski definition) is 3. The van der Waals surface area contributed by atoms with Crippen LogP contribution in [-0.2, 0) is 9.53 Å². The Morgan fingerprint density at radius 3 is 2.31 bits per heavy atom. The molecule has 2 fully saturated rings. The Morgan fingerprint density at radius 2 is 1.81 bits per heavy atom. The van der Waals surface area contributed by atoms with Gasteiger partial charge in [-0.1, -0.05) is 19.8 Å². The fourth-order valence-electron chi connectivity index (χ4n) is 2.49. The summed E-state index contributed by atoms with van der Waals surface area (Å²) in [4.78, 5) is 11.9. The van der Waals surface area contributed by atoms with Gasteiger partial charge in [-0.15, -0.1) is 0 Å². The minimum Gasteiger partial charge on any atom is -0.462 e. The molecule has 3 heteroatoms. The van der Waals surface area contributed by atoms with Crippen molar-refractivity contribution in [1.82, 2.24) is 5.32 Å². The molecule has 1 aliphatic carbocycles. The van der Waals surface area contributed by atoms with Gasteiger partial charge in [0.05, 0.1) is 5.92 Å². The van der Waals surface area contributed by atoms with E-state index in [1.54, 1.807) is 0 Å². The highest BCUT2D eigenvalue weighted by Gasteiger charge is 2.31. The number of rotatable bonds is 3. The molecule has 2 aliphatic rings. The molecule has 16 heavy (non-hydrogen) atoms. The first-order valence-electron chi connectivity index (χ1n) is 6.68. The van der Waals surface area contributed by atoms with E-state index in [9.17, 15) is 4.79 Å². The van der Waals surface area contributed by atoms with Gasteiger partial charge in [0.25, 0.3) is 0 Å². The second-order valence-electron chi connectivity index (χ2n) is 5.26. The highest BCUT2D eigenvalue weighted by Crippen LogP contribution is 2.23. The Balaban J connectivity index is 1.76. The fraction of sp³-hybridized carbons (Fsp3) is 0.923. The molecular weight excluding hydrogens is 202 g/mol. The van der Waals surface area contributed by atoms with Crippen LogP contribution in [0.4, 0.5) is 0 Å². The first kappa shape index (κ1) is 11.9. The Kier molecular flexibility index (Phi) is 4.22. The standard InChI is InChI=1S/C13H23NO2/c1-10(11-8-14-9-11)13(15)16-12-6-4-2-3-5-7-12/h10-12,14H,2-9H2,1H3. The first-order chi connectivity index (χ1) is 7.77. The molecule has 0 spiro atoms.